The average molecular weight is 279 g/mol. The van der Waals surface area contributed by atoms with Gasteiger partial charge in [0.2, 0.25) is 0 Å². The summed E-state index contributed by atoms with van der Waals surface area (Å²) < 4.78 is 2.57. The number of rotatable bonds is 0. The van der Waals surface area contributed by atoms with E-state index in [1.807, 2.05) is 12.1 Å². The summed E-state index contributed by atoms with van der Waals surface area (Å²) in [6, 6.07) is 3.79. The number of hydrogen-bond donors (Lipinski definition) is 0. The van der Waals surface area contributed by atoms with Crippen molar-refractivity contribution < 1.29 is 0 Å². The fraction of sp³-hybridized carbons (Fsp3) is 0. The minimum atomic E-state index is 0.612. The molecule has 11 heavy (non-hydrogen) atoms. The molecule has 5 heteroatoms. The number of fused-ring (bicyclic) bond motifs is 1. The Bertz CT molecular complexity index is 398. The highest BCUT2D eigenvalue weighted by atomic mass is 127. The molecule has 0 N–H and O–H groups in total. The molecule has 0 aliphatic carbocycles. The lowest BCUT2D eigenvalue weighted by Gasteiger charge is -1.96. The summed E-state index contributed by atoms with van der Waals surface area (Å²) in [5.74, 6) is 0. The van der Waals surface area contributed by atoms with Crippen molar-refractivity contribution in [3.8, 4) is 0 Å². The van der Waals surface area contributed by atoms with E-state index in [0.29, 0.717) is 5.15 Å². The first-order valence-corrected chi connectivity index (χ1v) is 4.38. The van der Waals surface area contributed by atoms with E-state index in [9.17, 15) is 0 Å². The van der Waals surface area contributed by atoms with Gasteiger partial charge < -0.3 is 0 Å². The highest BCUT2D eigenvalue weighted by Gasteiger charge is 2.02. The molecule has 0 atom stereocenters. The van der Waals surface area contributed by atoms with Gasteiger partial charge in [0.1, 0.15) is 11.5 Å². The van der Waals surface area contributed by atoms with Crippen LogP contribution in [0.5, 0.6) is 0 Å². The van der Waals surface area contributed by atoms with Gasteiger partial charge >= 0.3 is 0 Å². The van der Waals surface area contributed by atoms with E-state index in [2.05, 4.69) is 32.7 Å². The fourth-order valence-corrected chi connectivity index (χ4v) is 1.43. The summed E-state index contributed by atoms with van der Waals surface area (Å²) in [4.78, 5) is 3.98. The minimum Gasteiger partial charge on any atom is -0.215 e. The second kappa shape index (κ2) is 2.60. The van der Waals surface area contributed by atoms with Crippen LogP contribution in [0.3, 0.4) is 0 Å². The van der Waals surface area contributed by atoms with Gasteiger partial charge in [0, 0.05) is 0 Å². The number of pyridine rings is 1. The average Bonchev–Trinajstić information content (AvgIpc) is 2.45. The predicted molar refractivity (Wildman–Crippen MR) is 50.7 cm³/mol. The first kappa shape index (κ1) is 7.30. The first-order valence-electron chi connectivity index (χ1n) is 2.93. The molecule has 0 fully saturated rings. The van der Waals surface area contributed by atoms with Gasteiger partial charge in [-0.1, -0.05) is 11.6 Å². The number of hydrogen-bond acceptors (Lipinski definition) is 2. The van der Waals surface area contributed by atoms with Gasteiger partial charge in [-0.05, 0) is 34.7 Å². The summed E-state index contributed by atoms with van der Waals surface area (Å²) >= 11 is 8.07. The van der Waals surface area contributed by atoms with Crippen LogP contribution in [0.4, 0.5) is 0 Å². The molecular formula is C6H3ClIN3. The summed E-state index contributed by atoms with van der Waals surface area (Å²) in [5, 5.41) is 4.56. The van der Waals surface area contributed by atoms with E-state index in [1.165, 1.54) is 6.33 Å². The zero-order valence-corrected chi connectivity index (χ0v) is 8.24. The highest BCUT2D eigenvalue weighted by molar-refractivity contribution is 14.1. The lowest BCUT2D eigenvalue weighted by molar-refractivity contribution is 0.956. The van der Waals surface area contributed by atoms with Crippen LogP contribution in [0.15, 0.2) is 18.5 Å². The maximum atomic E-state index is 5.92. The molecule has 0 bridgehead atoms. The van der Waals surface area contributed by atoms with Crippen molar-refractivity contribution in [3.63, 3.8) is 0 Å². The Morgan fingerprint density at radius 1 is 1.45 bits per heavy atom. The largest absolute Gasteiger partial charge is 0.215 e. The monoisotopic (exact) mass is 279 g/mol. The molecule has 2 heterocycles. The minimum absolute atomic E-state index is 0.612. The lowest BCUT2D eigenvalue weighted by Crippen LogP contribution is -1.90. The van der Waals surface area contributed by atoms with Crippen molar-refractivity contribution in [2.45, 2.75) is 0 Å². The van der Waals surface area contributed by atoms with Crippen LogP contribution in [0.2, 0.25) is 5.15 Å². The van der Waals surface area contributed by atoms with Crippen molar-refractivity contribution in [2.24, 2.45) is 0 Å². The molecule has 0 radical (unpaired) electrons. The molecule has 0 saturated heterocycles. The van der Waals surface area contributed by atoms with E-state index in [0.717, 1.165) is 9.22 Å². The SMILES string of the molecule is Clc1c(I)ccc2ncnn12. The van der Waals surface area contributed by atoms with Crippen molar-refractivity contribution in [2.75, 3.05) is 0 Å². The molecule has 0 aliphatic heterocycles. The summed E-state index contributed by atoms with van der Waals surface area (Å²) in [7, 11) is 0. The molecule has 0 aliphatic rings. The van der Waals surface area contributed by atoms with Crippen molar-refractivity contribution >= 4 is 39.8 Å². The molecule has 0 spiro atoms. The quantitative estimate of drug-likeness (QED) is 0.545. The Kier molecular flexibility index (Phi) is 1.72. The molecule has 2 aromatic rings. The Morgan fingerprint density at radius 2 is 2.27 bits per heavy atom. The van der Waals surface area contributed by atoms with Crippen molar-refractivity contribution in [1.82, 2.24) is 14.6 Å². The van der Waals surface area contributed by atoms with Gasteiger partial charge in [-0.25, -0.2) is 9.50 Å². The maximum Gasteiger partial charge on any atom is 0.157 e. The van der Waals surface area contributed by atoms with Gasteiger partial charge in [0.05, 0.1) is 3.57 Å². The molecule has 2 aromatic heterocycles. The van der Waals surface area contributed by atoms with E-state index in [-0.39, 0.29) is 0 Å². The molecule has 3 nitrogen and oxygen atoms in total. The summed E-state index contributed by atoms with van der Waals surface area (Å²) in [5.41, 5.74) is 0.774. The van der Waals surface area contributed by atoms with Crippen molar-refractivity contribution in [3.05, 3.63) is 27.2 Å². The van der Waals surface area contributed by atoms with Gasteiger partial charge in [-0.15, -0.1) is 0 Å². The second-order valence-corrected chi connectivity index (χ2v) is 3.52. The van der Waals surface area contributed by atoms with Crippen LogP contribution >= 0.6 is 34.2 Å². The maximum absolute atomic E-state index is 5.92. The third-order valence-corrected chi connectivity index (χ3v) is 2.89. The highest BCUT2D eigenvalue weighted by Crippen LogP contribution is 2.17. The molecule has 0 aromatic carbocycles. The zero-order valence-electron chi connectivity index (χ0n) is 5.33. The number of nitrogens with zero attached hydrogens (tertiary/aromatic N) is 3. The van der Waals surface area contributed by atoms with Crippen LogP contribution in [0.1, 0.15) is 0 Å². The Balaban J connectivity index is 2.93. The van der Waals surface area contributed by atoms with E-state index < -0.39 is 0 Å². The third-order valence-electron chi connectivity index (χ3n) is 1.34. The van der Waals surface area contributed by atoms with Gasteiger partial charge in [0.15, 0.2) is 5.65 Å². The van der Waals surface area contributed by atoms with Gasteiger partial charge in [-0.3, -0.25) is 0 Å². The first-order chi connectivity index (χ1) is 5.29. The van der Waals surface area contributed by atoms with Crippen molar-refractivity contribution in [1.29, 1.82) is 0 Å². The predicted octanol–water partition coefficient (Wildman–Crippen LogP) is 1.99. The normalized spacial score (nSPS) is 10.7. The Morgan fingerprint density at radius 3 is 3.09 bits per heavy atom. The van der Waals surface area contributed by atoms with E-state index in [1.54, 1.807) is 4.52 Å². The molecule has 0 unspecified atom stereocenters. The van der Waals surface area contributed by atoms with E-state index in [4.69, 9.17) is 11.6 Å². The van der Waals surface area contributed by atoms with E-state index >= 15 is 0 Å². The second-order valence-electron chi connectivity index (χ2n) is 2.00. The standard InChI is InChI=1S/C6H3ClIN3/c7-6-4(8)1-2-5-9-3-10-11(5)6/h1-3H. The molecular weight excluding hydrogens is 276 g/mol. The lowest BCUT2D eigenvalue weighted by atomic mass is 10.5. The topological polar surface area (TPSA) is 30.2 Å². The number of halogens is 2. The van der Waals surface area contributed by atoms with Crippen LogP contribution in [0, 0.1) is 3.57 Å². The van der Waals surface area contributed by atoms with Crippen LogP contribution in [0.25, 0.3) is 5.65 Å². The van der Waals surface area contributed by atoms with Crippen LogP contribution in [-0.4, -0.2) is 14.6 Å². The van der Waals surface area contributed by atoms with Crippen LogP contribution < -0.4 is 0 Å². The van der Waals surface area contributed by atoms with Gasteiger partial charge in [-0.2, -0.15) is 5.10 Å². The summed E-state index contributed by atoms with van der Waals surface area (Å²) in [6.07, 6.45) is 1.48. The smallest absolute Gasteiger partial charge is 0.157 e. The molecule has 0 saturated carbocycles. The third kappa shape index (κ3) is 1.10. The van der Waals surface area contributed by atoms with Gasteiger partial charge in [0.25, 0.3) is 0 Å². The Labute approximate surface area is 81.5 Å². The molecule has 56 valence electrons. The Hall–Kier alpha value is -0.360. The zero-order chi connectivity index (χ0) is 7.84. The summed E-state index contributed by atoms with van der Waals surface area (Å²) in [6.45, 7) is 0. The van der Waals surface area contributed by atoms with Crippen LogP contribution in [-0.2, 0) is 0 Å². The molecule has 2 rings (SSSR count). The fourth-order valence-electron chi connectivity index (χ4n) is 0.833. The molecule has 0 amide bonds. The number of aromatic nitrogens is 3.